The maximum Gasteiger partial charge on any atom is 0.324 e. The first-order valence-corrected chi connectivity index (χ1v) is 8.73. The van der Waals surface area contributed by atoms with Crippen LogP contribution in [0.15, 0.2) is 23.2 Å². The number of benzene rings is 1. The fraction of sp³-hybridized carbons (Fsp3) is 0.471. The molecule has 2 saturated heterocycles. The predicted molar refractivity (Wildman–Crippen MR) is 96.6 cm³/mol. The Balaban J connectivity index is 1.51. The van der Waals surface area contributed by atoms with Gasteiger partial charge in [-0.1, -0.05) is 0 Å². The zero-order valence-electron chi connectivity index (χ0n) is 15.0. The first kappa shape index (κ1) is 18.9. The summed E-state index contributed by atoms with van der Waals surface area (Å²) in [6, 6.07) is 3.05. The van der Waals surface area contributed by atoms with E-state index in [1.807, 2.05) is 4.90 Å². The van der Waals surface area contributed by atoms with Crippen LogP contribution in [0.3, 0.4) is 0 Å². The van der Waals surface area contributed by atoms with Gasteiger partial charge in [0.25, 0.3) is 0 Å². The molecule has 0 radical (unpaired) electrons. The van der Waals surface area contributed by atoms with Crippen molar-refractivity contribution in [2.45, 2.75) is 0 Å². The molecule has 2 aliphatic heterocycles. The summed E-state index contributed by atoms with van der Waals surface area (Å²) in [6.45, 7) is 2.87. The third-order valence-corrected chi connectivity index (χ3v) is 4.60. The van der Waals surface area contributed by atoms with E-state index in [1.54, 1.807) is 11.9 Å². The molecule has 1 aromatic rings. The van der Waals surface area contributed by atoms with E-state index in [4.69, 9.17) is 0 Å². The molecule has 146 valence electrons. The Morgan fingerprint density at radius 3 is 2.59 bits per heavy atom. The van der Waals surface area contributed by atoms with Gasteiger partial charge in [0.15, 0.2) is 5.96 Å². The topological polar surface area (TPSA) is 80.3 Å². The number of anilines is 1. The number of nitrogens with zero attached hydrogens (tertiary/aromatic N) is 4. The Hall–Kier alpha value is -2.91. The van der Waals surface area contributed by atoms with E-state index in [0.29, 0.717) is 38.7 Å². The molecule has 2 heterocycles. The predicted octanol–water partition coefficient (Wildman–Crippen LogP) is 0.214. The largest absolute Gasteiger partial charge is 0.366 e. The Morgan fingerprint density at radius 2 is 1.96 bits per heavy atom. The van der Waals surface area contributed by atoms with Crippen molar-refractivity contribution in [3.05, 3.63) is 29.8 Å². The van der Waals surface area contributed by atoms with Crippen LogP contribution >= 0.6 is 0 Å². The van der Waals surface area contributed by atoms with Crippen molar-refractivity contribution < 1.29 is 18.4 Å². The van der Waals surface area contributed by atoms with Crippen LogP contribution in [0.2, 0.25) is 0 Å². The minimum Gasteiger partial charge on any atom is -0.366 e. The Morgan fingerprint density at radius 1 is 1.22 bits per heavy atom. The molecule has 0 saturated carbocycles. The molecule has 0 unspecified atom stereocenters. The number of carbonyl (C=O) groups excluding carboxylic acids is 2. The number of piperazine rings is 1. The van der Waals surface area contributed by atoms with Crippen molar-refractivity contribution >= 4 is 23.6 Å². The number of imide groups is 1. The lowest BCUT2D eigenvalue weighted by atomic mass is 10.2. The lowest BCUT2D eigenvalue weighted by Gasteiger charge is -2.37. The summed E-state index contributed by atoms with van der Waals surface area (Å²) in [4.78, 5) is 32.3. The number of guanidine groups is 1. The van der Waals surface area contributed by atoms with E-state index in [9.17, 15) is 18.4 Å². The number of aliphatic imine (C=N–C) groups is 1. The highest BCUT2D eigenvalue weighted by atomic mass is 19.1. The van der Waals surface area contributed by atoms with Gasteiger partial charge in [-0.25, -0.2) is 13.6 Å². The normalized spacial score (nSPS) is 18.2. The Bertz CT molecular complexity index is 733. The van der Waals surface area contributed by atoms with Gasteiger partial charge >= 0.3 is 6.03 Å². The number of hydrogen-bond donors (Lipinski definition) is 2. The molecule has 1 aromatic carbocycles. The molecular weight excluding hydrogens is 358 g/mol. The summed E-state index contributed by atoms with van der Waals surface area (Å²) < 4.78 is 27.3. The van der Waals surface area contributed by atoms with Crippen LogP contribution in [-0.2, 0) is 4.79 Å². The second-order valence-corrected chi connectivity index (χ2v) is 6.25. The number of hydrogen-bond acceptors (Lipinski definition) is 4. The second kappa shape index (κ2) is 8.19. The Kier molecular flexibility index (Phi) is 5.72. The minimum absolute atomic E-state index is 0.0339. The highest BCUT2D eigenvalue weighted by molar-refractivity contribution is 6.01. The molecule has 8 nitrogen and oxygen atoms in total. The summed E-state index contributed by atoms with van der Waals surface area (Å²) in [6.07, 6.45) is 0. The summed E-state index contributed by atoms with van der Waals surface area (Å²) >= 11 is 0. The van der Waals surface area contributed by atoms with Crippen molar-refractivity contribution in [2.75, 3.05) is 57.8 Å². The van der Waals surface area contributed by atoms with E-state index < -0.39 is 11.6 Å². The summed E-state index contributed by atoms with van der Waals surface area (Å²) in [7, 11) is 1.65. The molecule has 0 spiro atoms. The molecule has 0 atom stereocenters. The van der Waals surface area contributed by atoms with Gasteiger partial charge in [-0.05, 0) is 12.1 Å². The molecule has 2 N–H and O–H groups in total. The smallest absolute Gasteiger partial charge is 0.324 e. The molecule has 2 aliphatic rings. The zero-order chi connectivity index (χ0) is 19.4. The van der Waals surface area contributed by atoms with Crippen molar-refractivity contribution in [3.8, 4) is 0 Å². The summed E-state index contributed by atoms with van der Waals surface area (Å²) in [5.41, 5.74) is 0.260. The van der Waals surface area contributed by atoms with Crippen LogP contribution < -0.4 is 15.5 Å². The maximum absolute atomic E-state index is 13.9. The fourth-order valence-corrected chi connectivity index (χ4v) is 3.18. The molecule has 2 fully saturated rings. The van der Waals surface area contributed by atoms with Gasteiger partial charge in [0.05, 0.1) is 12.2 Å². The van der Waals surface area contributed by atoms with Crippen molar-refractivity contribution in [1.29, 1.82) is 0 Å². The average molecular weight is 380 g/mol. The molecule has 0 bridgehead atoms. The van der Waals surface area contributed by atoms with Crippen LogP contribution in [0.1, 0.15) is 0 Å². The van der Waals surface area contributed by atoms with Crippen molar-refractivity contribution in [2.24, 2.45) is 4.99 Å². The van der Waals surface area contributed by atoms with Gasteiger partial charge in [0.1, 0.15) is 11.6 Å². The van der Waals surface area contributed by atoms with Crippen molar-refractivity contribution in [3.63, 3.8) is 0 Å². The van der Waals surface area contributed by atoms with Crippen LogP contribution in [0.25, 0.3) is 0 Å². The lowest BCUT2D eigenvalue weighted by molar-refractivity contribution is -0.124. The number of nitrogens with one attached hydrogen (secondary N) is 2. The quantitative estimate of drug-likeness (QED) is 0.444. The van der Waals surface area contributed by atoms with Crippen molar-refractivity contribution in [1.82, 2.24) is 20.4 Å². The monoisotopic (exact) mass is 380 g/mol. The minimum atomic E-state index is -0.466. The van der Waals surface area contributed by atoms with Gasteiger partial charge in [-0.3, -0.25) is 14.7 Å². The molecule has 10 heteroatoms. The van der Waals surface area contributed by atoms with E-state index in [0.717, 1.165) is 17.0 Å². The highest BCUT2D eigenvalue weighted by Crippen LogP contribution is 2.21. The number of rotatable bonds is 4. The highest BCUT2D eigenvalue weighted by Gasteiger charge is 2.28. The molecule has 3 rings (SSSR count). The standard InChI is InChI=1S/C17H22F2N6O2/c1-20-16(21-4-5-25-15(26)11-22-17(25)27)24-8-6-23(7-9-24)14-10-12(18)2-3-13(14)19/h2-3,10H,4-9,11H2,1H3,(H,20,21)(H,22,27). The third-order valence-electron chi connectivity index (χ3n) is 4.60. The van der Waals surface area contributed by atoms with Crippen LogP contribution in [0.4, 0.5) is 19.3 Å². The maximum atomic E-state index is 13.9. The average Bonchev–Trinajstić information content (AvgIpc) is 2.99. The number of carbonyl (C=O) groups is 2. The van der Waals surface area contributed by atoms with Gasteiger partial charge in [-0.15, -0.1) is 0 Å². The van der Waals surface area contributed by atoms with E-state index in [-0.39, 0.29) is 30.7 Å². The molecule has 0 aromatic heterocycles. The van der Waals surface area contributed by atoms with Crippen LogP contribution in [0, 0.1) is 11.6 Å². The van der Waals surface area contributed by atoms with Gasteiger partial charge in [-0.2, -0.15) is 0 Å². The van der Waals surface area contributed by atoms with E-state index in [1.165, 1.54) is 6.07 Å². The number of halogens is 2. The molecular formula is C17H22F2N6O2. The van der Waals surface area contributed by atoms with Crippen LogP contribution in [-0.4, -0.2) is 80.6 Å². The Labute approximate surface area is 155 Å². The summed E-state index contributed by atoms with van der Waals surface area (Å²) in [5.74, 6) is -0.517. The van der Waals surface area contributed by atoms with Gasteiger partial charge < -0.3 is 20.4 Å². The summed E-state index contributed by atoms with van der Waals surface area (Å²) in [5, 5.41) is 5.60. The fourth-order valence-electron chi connectivity index (χ4n) is 3.18. The van der Waals surface area contributed by atoms with E-state index >= 15 is 0 Å². The molecule has 27 heavy (non-hydrogen) atoms. The van der Waals surface area contributed by atoms with Gasteiger partial charge in [0.2, 0.25) is 5.91 Å². The molecule has 3 amide bonds. The zero-order valence-corrected chi connectivity index (χ0v) is 15.0. The third kappa shape index (κ3) is 4.26. The SMILES string of the molecule is CN=C(NCCN1C(=O)CNC1=O)N1CCN(c2cc(F)ccc2F)CC1. The van der Waals surface area contributed by atoms with Crippen LogP contribution in [0.5, 0.6) is 0 Å². The van der Waals surface area contributed by atoms with E-state index in [2.05, 4.69) is 15.6 Å². The first-order chi connectivity index (χ1) is 13.0. The number of amides is 3. The number of urea groups is 1. The molecule has 0 aliphatic carbocycles. The first-order valence-electron chi connectivity index (χ1n) is 8.73. The van der Waals surface area contributed by atoms with Gasteiger partial charge in [0, 0.05) is 52.4 Å². The second-order valence-electron chi connectivity index (χ2n) is 6.25. The lowest BCUT2D eigenvalue weighted by Crippen LogP contribution is -2.53.